The van der Waals surface area contributed by atoms with Crippen molar-refractivity contribution < 1.29 is 14.7 Å². The first kappa shape index (κ1) is 12.3. The van der Waals surface area contributed by atoms with Crippen molar-refractivity contribution in [2.45, 2.75) is 33.3 Å². The summed E-state index contributed by atoms with van der Waals surface area (Å²) in [5, 5.41) is 17.3. The fraction of sp³-hybridized carbons (Fsp3) is 0.455. The molecule has 0 radical (unpaired) electrons. The van der Waals surface area contributed by atoms with Crippen LogP contribution in [0.25, 0.3) is 0 Å². The van der Waals surface area contributed by atoms with Gasteiger partial charge in [-0.2, -0.15) is 4.73 Å². The number of hydrogen-bond donors (Lipinski definition) is 2. The molecule has 88 valence electrons. The zero-order valence-electron chi connectivity index (χ0n) is 9.87. The zero-order chi connectivity index (χ0) is 12.5. The lowest BCUT2D eigenvalue weighted by molar-refractivity contribution is 0.00266. The van der Waals surface area contributed by atoms with Gasteiger partial charge in [0.15, 0.2) is 5.69 Å². The molecule has 2 N–H and O–H groups in total. The van der Waals surface area contributed by atoms with E-state index < -0.39 is 11.6 Å². The van der Waals surface area contributed by atoms with Crippen LogP contribution in [0.4, 0.5) is 0 Å². The molecule has 5 nitrogen and oxygen atoms in total. The number of hydrogen-bond acceptors (Lipinski definition) is 4. The van der Waals surface area contributed by atoms with Crippen LogP contribution in [0.3, 0.4) is 0 Å². The second kappa shape index (κ2) is 4.00. The van der Waals surface area contributed by atoms with E-state index >= 15 is 0 Å². The Hall–Kier alpha value is -1.78. The number of rotatable bonds is 1. The second-order valence-corrected chi connectivity index (χ2v) is 4.55. The third-order valence-electron chi connectivity index (χ3n) is 1.96. The number of carbonyl (C=O) groups excluding carboxylic acids is 1. The normalized spacial score (nSPS) is 11.2. The molecule has 0 unspecified atom stereocenters. The highest BCUT2D eigenvalue weighted by molar-refractivity contribution is 5.89. The predicted octanol–water partition coefficient (Wildman–Crippen LogP) is 1.47. The van der Waals surface area contributed by atoms with Crippen molar-refractivity contribution in [3.05, 3.63) is 28.9 Å². The van der Waals surface area contributed by atoms with Crippen molar-refractivity contribution in [1.29, 1.82) is 5.41 Å². The summed E-state index contributed by atoms with van der Waals surface area (Å²) in [5.74, 6) is -0.637. The average molecular weight is 224 g/mol. The van der Waals surface area contributed by atoms with Gasteiger partial charge in [-0.1, -0.05) is 0 Å². The van der Waals surface area contributed by atoms with Gasteiger partial charge in [0.1, 0.15) is 5.60 Å². The van der Waals surface area contributed by atoms with E-state index in [0.29, 0.717) is 10.3 Å². The van der Waals surface area contributed by atoms with E-state index in [1.807, 2.05) is 0 Å². The van der Waals surface area contributed by atoms with E-state index in [4.69, 9.17) is 10.1 Å². The quantitative estimate of drug-likeness (QED) is 0.560. The van der Waals surface area contributed by atoms with E-state index in [1.54, 1.807) is 27.7 Å². The number of ether oxygens (including phenoxy) is 1. The van der Waals surface area contributed by atoms with E-state index in [1.165, 1.54) is 12.3 Å². The highest BCUT2D eigenvalue weighted by atomic mass is 16.6. The first-order chi connectivity index (χ1) is 7.22. The number of nitrogens with one attached hydrogen (secondary N) is 1. The molecule has 5 heteroatoms. The molecule has 0 saturated carbocycles. The molecule has 1 rings (SSSR count). The smallest absolute Gasteiger partial charge is 0.359 e. The maximum absolute atomic E-state index is 11.8. The number of pyridine rings is 1. The molecule has 0 aromatic carbocycles. The Bertz CT molecular complexity index is 469. The third kappa shape index (κ3) is 2.62. The Morgan fingerprint density at radius 2 is 2.06 bits per heavy atom. The summed E-state index contributed by atoms with van der Waals surface area (Å²) in [7, 11) is 0. The maximum Gasteiger partial charge on any atom is 0.359 e. The number of nitrogens with zero attached hydrogens (tertiary/aromatic N) is 1. The van der Waals surface area contributed by atoms with Crippen LogP contribution < -0.4 is 5.36 Å². The molecule has 0 atom stereocenters. The highest BCUT2D eigenvalue weighted by Gasteiger charge is 2.22. The number of esters is 1. The molecular weight excluding hydrogens is 208 g/mol. The van der Waals surface area contributed by atoms with Crippen LogP contribution in [-0.4, -0.2) is 21.5 Å². The SMILES string of the molecule is Cc1c(C(=O)OC(C)(C)C)n(O)ccc1=N. The van der Waals surface area contributed by atoms with Gasteiger partial charge in [-0.25, -0.2) is 4.79 Å². The number of aromatic nitrogens is 1. The molecule has 0 bridgehead atoms. The Balaban J connectivity index is 3.19. The first-order valence-corrected chi connectivity index (χ1v) is 4.92. The lowest BCUT2D eigenvalue weighted by Gasteiger charge is -2.20. The molecule has 0 saturated heterocycles. The molecule has 0 aliphatic heterocycles. The van der Waals surface area contributed by atoms with E-state index in [9.17, 15) is 10.0 Å². The summed E-state index contributed by atoms with van der Waals surface area (Å²) in [6.45, 7) is 6.82. The van der Waals surface area contributed by atoms with Crippen molar-refractivity contribution in [2.24, 2.45) is 0 Å². The molecule has 0 fully saturated rings. The summed E-state index contributed by atoms with van der Waals surface area (Å²) in [6, 6.07) is 1.41. The summed E-state index contributed by atoms with van der Waals surface area (Å²) in [4.78, 5) is 11.8. The van der Waals surface area contributed by atoms with Crippen LogP contribution >= 0.6 is 0 Å². The number of carbonyl (C=O) groups is 1. The van der Waals surface area contributed by atoms with Gasteiger partial charge < -0.3 is 15.4 Å². The highest BCUT2D eigenvalue weighted by Crippen LogP contribution is 2.12. The Labute approximate surface area is 93.8 Å². The van der Waals surface area contributed by atoms with Crippen molar-refractivity contribution >= 4 is 5.97 Å². The van der Waals surface area contributed by atoms with Crippen LogP contribution in [0.1, 0.15) is 36.8 Å². The molecular formula is C11H16N2O3. The predicted molar refractivity (Wildman–Crippen MR) is 57.4 cm³/mol. The minimum Gasteiger partial charge on any atom is -0.455 e. The van der Waals surface area contributed by atoms with Crippen molar-refractivity contribution in [1.82, 2.24) is 4.73 Å². The monoisotopic (exact) mass is 224 g/mol. The van der Waals surface area contributed by atoms with Gasteiger partial charge in [0.25, 0.3) is 0 Å². The Kier molecular flexibility index (Phi) is 3.07. The fourth-order valence-electron chi connectivity index (χ4n) is 1.22. The second-order valence-electron chi connectivity index (χ2n) is 4.55. The topological polar surface area (TPSA) is 75.3 Å². The minimum absolute atomic E-state index is 0.0116. The molecule has 16 heavy (non-hydrogen) atoms. The van der Waals surface area contributed by atoms with Crippen LogP contribution in [0.15, 0.2) is 12.3 Å². The summed E-state index contributed by atoms with van der Waals surface area (Å²) < 4.78 is 5.82. The first-order valence-electron chi connectivity index (χ1n) is 4.92. The summed E-state index contributed by atoms with van der Waals surface area (Å²) in [5.41, 5.74) is -0.254. The summed E-state index contributed by atoms with van der Waals surface area (Å²) in [6.07, 6.45) is 1.24. The van der Waals surface area contributed by atoms with E-state index in [-0.39, 0.29) is 11.1 Å². The van der Waals surface area contributed by atoms with Crippen LogP contribution in [-0.2, 0) is 4.74 Å². The molecule has 0 spiro atoms. The van der Waals surface area contributed by atoms with Gasteiger partial charge >= 0.3 is 5.97 Å². The van der Waals surface area contributed by atoms with Crippen molar-refractivity contribution in [3.8, 4) is 0 Å². The minimum atomic E-state index is -0.637. The van der Waals surface area contributed by atoms with Gasteiger partial charge in [0.2, 0.25) is 0 Å². The fourth-order valence-corrected chi connectivity index (χ4v) is 1.22. The molecule has 1 heterocycles. The molecule has 0 amide bonds. The zero-order valence-corrected chi connectivity index (χ0v) is 9.87. The van der Waals surface area contributed by atoms with Crippen LogP contribution in [0.2, 0.25) is 0 Å². The molecule has 0 aliphatic carbocycles. The largest absolute Gasteiger partial charge is 0.455 e. The lowest BCUT2D eigenvalue weighted by Crippen LogP contribution is -2.28. The molecule has 1 aromatic rings. The standard InChI is InChI=1S/C11H16N2O3/c1-7-8(12)5-6-13(15)9(7)10(14)16-11(2,3)4/h5-6,12,15H,1-4H3. The lowest BCUT2D eigenvalue weighted by atomic mass is 10.1. The summed E-state index contributed by atoms with van der Waals surface area (Å²) >= 11 is 0. The van der Waals surface area contributed by atoms with Gasteiger partial charge in [-0.15, -0.1) is 0 Å². The van der Waals surface area contributed by atoms with E-state index in [2.05, 4.69) is 0 Å². The van der Waals surface area contributed by atoms with Crippen LogP contribution in [0.5, 0.6) is 0 Å². The van der Waals surface area contributed by atoms with Gasteiger partial charge in [0.05, 0.1) is 5.36 Å². The molecule has 1 aromatic heterocycles. The maximum atomic E-state index is 11.8. The van der Waals surface area contributed by atoms with Gasteiger partial charge in [-0.3, -0.25) is 0 Å². The van der Waals surface area contributed by atoms with Gasteiger partial charge in [-0.05, 0) is 33.8 Å². The van der Waals surface area contributed by atoms with Crippen LogP contribution in [0, 0.1) is 12.3 Å². The Morgan fingerprint density at radius 3 is 2.56 bits per heavy atom. The molecule has 0 aliphatic rings. The average Bonchev–Trinajstić information content (AvgIpc) is 2.09. The Morgan fingerprint density at radius 1 is 1.50 bits per heavy atom. The van der Waals surface area contributed by atoms with Gasteiger partial charge in [0, 0.05) is 11.8 Å². The third-order valence-corrected chi connectivity index (χ3v) is 1.96. The van der Waals surface area contributed by atoms with Crippen molar-refractivity contribution in [3.63, 3.8) is 0 Å². The van der Waals surface area contributed by atoms with E-state index in [0.717, 1.165) is 0 Å². The van der Waals surface area contributed by atoms with Crippen molar-refractivity contribution in [2.75, 3.05) is 0 Å².